The first-order valence-electron chi connectivity index (χ1n) is 0.698. The molecule has 0 heterocycles. The number of hydrogen-bond acceptors (Lipinski definition) is 2. The predicted molar refractivity (Wildman–Crippen MR) is 17.3 cm³/mol. The third-order valence-corrected chi connectivity index (χ3v) is 0. The van der Waals surface area contributed by atoms with Crippen LogP contribution in [0.1, 0.15) is 0 Å². The Morgan fingerprint density at radius 2 is 1.17 bits per heavy atom. The topological polar surface area (TPSA) is 74.6 Å². The summed E-state index contributed by atoms with van der Waals surface area (Å²) in [7, 11) is 0. The van der Waals surface area contributed by atoms with Crippen LogP contribution in [0.15, 0.2) is 0 Å². The average Bonchev–Trinajstić information content (AvgIpc) is 0.722. The Labute approximate surface area is 46.9 Å². The average molecular weight is 224 g/mol. The zero-order valence-electron chi connectivity index (χ0n) is 2.53. The van der Waals surface area contributed by atoms with Crippen molar-refractivity contribution in [2.75, 3.05) is 0 Å². The molecule has 0 aliphatic carbocycles. The zero-order valence-corrected chi connectivity index (χ0v) is 5.95. The van der Waals surface area contributed by atoms with Gasteiger partial charge >= 0.3 is 29.4 Å². The van der Waals surface area contributed by atoms with E-state index in [1.54, 1.807) is 0 Å². The van der Waals surface area contributed by atoms with Gasteiger partial charge in [0.15, 0.2) is 0 Å². The van der Waals surface area contributed by atoms with Crippen LogP contribution in [0.5, 0.6) is 0 Å². The Morgan fingerprint density at radius 1 is 1.17 bits per heavy atom. The van der Waals surface area contributed by atoms with Crippen molar-refractivity contribution in [3.63, 3.8) is 0 Å². The minimum Gasteiger partial charge on any atom is 0 e. The molecule has 0 saturated carbocycles. The monoisotopic (exact) mass is 226 g/mol. The first kappa shape index (κ1) is 9.75. The summed E-state index contributed by atoms with van der Waals surface area (Å²) in [6, 6.07) is 0. The van der Waals surface area contributed by atoms with Crippen molar-refractivity contribution >= 4 is 30.4 Å². The van der Waals surface area contributed by atoms with Crippen molar-refractivity contribution in [2.24, 2.45) is 0 Å². The van der Waals surface area contributed by atoms with Crippen molar-refractivity contribution in [3.05, 3.63) is 0 Å². The molecular formula is H2O4Se2. The molecule has 0 spiro atoms. The fourth-order valence-corrected chi connectivity index (χ4v) is 0. The molecule has 0 atom stereocenters. The van der Waals surface area contributed by atoms with Gasteiger partial charge in [0.1, 0.15) is 0 Å². The Kier molecular flexibility index (Phi) is 4.37. The van der Waals surface area contributed by atoms with Crippen molar-refractivity contribution in [1.82, 2.24) is 0 Å². The molecule has 0 aromatic carbocycles. The van der Waals surface area contributed by atoms with Gasteiger partial charge in [0.2, 0.25) is 0 Å². The molecule has 0 amide bonds. The smallest absolute Gasteiger partial charge is 0 e. The molecule has 0 fully saturated rings. The molecule has 0 rings (SSSR count). The van der Waals surface area contributed by atoms with Crippen LogP contribution >= 0.6 is 0 Å². The molecule has 0 saturated heterocycles. The van der Waals surface area contributed by atoms with Gasteiger partial charge < -0.3 is 0 Å². The second kappa shape index (κ2) is 2.69. The standard InChI is InChI=1S/H2O4Se.Se/c1-5(2,3)4;/h(H2,1,2,3,4);. The van der Waals surface area contributed by atoms with E-state index in [2.05, 4.69) is 0 Å². The van der Waals surface area contributed by atoms with Gasteiger partial charge in [-0.15, -0.1) is 0 Å². The molecule has 6 heteroatoms. The normalized spacial score (nSPS) is 9.67. The molecule has 6 heavy (non-hydrogen) atoms. The molecule has 0 unspecified atom stereocenters. The maximum absolute atomic E-state index is 8.82. The number of hydrogen-bond donors (Lipinski definition) is 2. The van der Waals surface area contributed by atoms with Crippen LogP contribution in [0, 0.1) is 0 Å². The van der Waals surface area contributed by atoms with Gasteiger partial charge in [-0.1, -0.05) is 0 Å². The molecule has 2 N–H and O–H groups in total. The molecule has 38 valence electrons. The zero-order chi connectivity index (χ0) is 4.50. The van der Waals surface area contributed by atoms with Crippen LogP contribution in [-0.4, -0.2) is 38.8 Å². The second-order valence-corrected chi connectivity index (χ2v) is 2.33. The summed E-state index contributed by atoms with van der Waals surface area (Å²) in [6.45, 7) is 0. The van der Waals surface area contributed by atoms with Gasteiger partial charge in [0, 0.05) is 17.1 Å². The van der Waals surface area contributed by atoms with E-state index in [4.69, 9.17) is 16.0 Å². The van der Waals surface area contributed by atoms with Gasteiger partial charge in [0.25, 0.3) is 0 Å². The molecule has 2 radical (unpaired) electrons. The summed E-state index contributed by atoms with van der Waals surface area (Å²) in [6.07, 6.45) is 0. The van der Waals surface area contributed by atoms with Gasteiger partial charge in [-0.05, 0) is 0 Å². The fraction of sp³-hybridized carbons (Fsp3) is 0. The maximum Gasteiger partial charge on any atom is 0 e. The van der Waals surface area contributed by atoms with Crippen molar-refractivity contribution in [3.8, 4) is 0 Å². The van der Waals surface area contributed by atoms with Gasteiger partial charge in [-0.3, -0.25) is 0 Å². The van der Waals surface area contributed by atoms with Crippen molar-refractivity contribution in [2.45, 2.75) is 0 Å². The van der Waals surface area contributed by atoms with Gasteiger partial charge in [-0.2, -0.15) is 0 Å². The Balaban J connectivity index is 0. The van der Waals surface area contributed by atoms with Crippen LogP contribution in [0.2, 0.25) is 0 Å². The third-order valence-electron chi connectivity index (χ3n) is 0. The largest absolute Gasteiger partial charge is 0 e. The Bertz CT molecular complexity index is 88.7. The van der Waals surface area contributed by atoms with Crippen LogP contribution in [-0.2, 0) is 7.67 Å². The van der Waals surface area contributed by atoms with Gasteiger partial charge in [0.05, 0.1) is 0 Å². The van der Waals surface area contributed by atoms with E-state index in [1.165, 1.54) is 0 Å². The van der Waals surface area contributed by atoms with E-state index in [-0.39, 0.29) is 17.1 Å². The van der Waals surface area contributed by atoms with Gasteiger partial charge in [-0.25, -0.2) is 0 Å². The minimum absolute atomic E-state index is 0. The van der Waals surface area contributed by atoms with Crippen molar-refractivity contribution < 1.29 is 16.0 Å². The van der Waals surface area contributed by atoms with E-state index in [0.717, 1.165) is 0 Å². The first-order valence-corrected chi connectivity index (χ1v) is 3.63. The number of rotatable bonds is 0. The molecule has 0 aliphatic heterocycles. The summed E-state index contributed by atoms with van der Waals surface area (Å²) >= 11 is -5.25. The van der Waals surface area contributed by atoms with Crippen molar-refractivity contribution in [1.29, 1.82) is 0 Å². The summed E-state index contributed by atoms with van der Waals surface area (Å²) < 4.78 is 31.9. The minimum atomic E-state index is -5.25. The predicted octanol–water partition coefficient (Wildman–Crippen LogP) is -2.11. The third kappa shape index (κ3) is 185. The summed E-state index contributed by atoms with van der Waals surface area (Å²) in [4.78, 5) is 0. The maximum atomic E-state index is 8.82. The summed E-state index contributed by atoms with van der Waals surface area (Å²) in [5, 5.41) is 0. The summed E-state index contributed by atoms with van der Waals surface area (Å²) in [5.41, 5.74) is 0. The SMILES string of the molecule is O=[Se](=O)(O)O.[Se]. The molecule has 0 bridgehead atoms. The van der Waals surface area contributed by atoms with E-state index in [0.29, 0.717) is 0 Å². The Morgan fingerprint density at radius 3 is 1.17 bits per heavy atom. The van der Waals surface area contributed by atoms with Crippen LogP contribution in [0.4, 0.5) is 0 Å². The molecule has 4 nitrogen and oxygen atoms in total. The van der Waals surface area contributed by atoms with Crippen LogP contribution in [0.25, 0.3) is 0 Å². The quantitative estimate of drug-likeness (QED) is 0.461. The molecular weight excluding hydrogens is 222 g/mol. The first-order chi connectivity index (χ1) is 2.00. The Hall–Kier alpha value is 0.559. The van der Waals surface area contributed by atoms with Crippen LogP contribution < -0.4 is 0 Å². The summed E-state index contributed by atoms with van der Waals surface area (Å²) in [5.74, 6) is 0. The van der Waals surface area contributed by atoms with E-state index >= 15 is 0 Å². The van der Waals surface area contributed by atoms with E-state index in [9.17, 15) is 0 Å². The molecule has 0 aliphatic rings. The second-order valence-electron chi connectivity index (χ2n) is 0.448. The molecule has 0 aromatic heterocycles. The van der Waals surface area contributed by atoms with E-state index in [1.807, 2.05) is 0 Å². The van der Waals surface area contributed by atoms with Crippen LogP contribution in [0.3, 0.4) is 0 Å². The molecule has 0 aromatic rings. The fourth-order valence-electron chi connectivity index (χ4n) is 0. The van der Waals surface area contributed by atoms with E-state index < -0.39 is 13.4 Å².